The zero-order valence-electron chi connectivity index (χ0n) is 16.4. The smallest absolute Gasteiger partial charge is 0.175 e. The molecule has 5 rings (SSSR count). The molecule has 146 valence electrons. The van der Waals surface area contributed by atoms with Crippen LogP contribution in [0.5, 0.6) is 0 Å². The van der Waals surface area contributed by atoms with Crippen molar-refractivity contribution < 1.29 is 0 Å². The molecule has 1 aliphatic carbocycles. The van der Waals surface area contributed by atoms with E-state index in [9.17, 15) is 5.26 Å². The van der Waals surface area contributed by atoms with E-state index in [0.717, 1.165) is 68.5 Å². The molecule has 2 aliphatic rings. The number of piperazine rings is 1. The number of pyridine rings is 1. The van der Waals surface area contributed by atoms with Gasteiger partial charge in [0.15, 0.2) is 11.6 Å². The van der Waals surface area contributed by atoms with Crippen LogP contribution < -0.4 is 9.80 Å². The third-order valence-corrected chi connectivity index (χ3v) is 5.65. The second-order valence-electron chi connectivity index (χ2n) is 7.56. The normalized spacial score (nSPS) is 16.0. The SMILES string of the molecule is Cc1ccn(-c2ccc(N3CCN(c4nc5c(cc4C#N)CCC5)CC3)nn2)n1. The molecular weight excluding hydrogens is 364 g/mol. The maximum atomic E-state index is 9.58. The highest BCUT2D eigenvalue weighted by molar-refractivity contribution is 5.58. The van der Waals surface area contributed by atoms with Crippen LogP contribution in [0.4, 0.5) is 11.6 Å². The molecule has 29 heavy (non-hydrogen) atoms. The predicted molar refractivity (Wildman–Crippen MR) is 109 cm³/mol. The second kappa shape index (κ2) is 7.17. The van der Waals surface area contributed by atoms with Crippen LogP contribution in [0.2, 0.25) is 0 Å². The number of nitrogens with zero attached hydrogens (tertiary/aromatic N) is 8. The summed E-state index contributed by atoms with van der Waals surface area (Å²) in [6, 6.07) is 10.3. The fourth-order valence-corrected chi connectivity index (χ4v) is 4.08. The summed E-state index contributed by atoms with van der Waals surface area (Å²) < 4.78 is 1.73. The van der Waals surface area contributed by atoms with E-state index in [-0.39, 0.29) is 0 Å². The molecule has 4 heterocycles. The lowest BCUT2D eigenvalue weighted by Crippen LogP contribution is -2.47. The van der Waals surface area contributed by atoms with E-state index in [2.05, 4.69) is 31.2 Å². The quantitative estimate of drug-likeness (QED) is 0.681. The molecule has 1 fully saturated rings. The van der Waals surface area contributed by atoms with Crippen molar-refractivity contribution >= 4 is 11.6 Å². The summed E-state index contributed by atoms with van der Waals surface area (Å²) in [5, 5.41) is 22.7. The molecule has 0 aromatic carbocycles. The first kappa shape index (κ1) is 17.6. The zero-order chi connectivity index (χ0) is 19.8. The average Bonchev–Trinajstić information content (AvgIpc) is 3.41. The Bertz CT molecular complexity index is 1070. The minimum atomic E-state index is 0.692. The predicted octanol–water partition coefficient (Wildman–Crippen LogP) is 2.05. The summed E-state index contributed by atoms with van der Waals surface area (Å²) in [5.41, 5.74) is 4.05. The van der Waals surface area contributed by atoms with E-state index in [1.54, 1.807) is 4.68 Å². The lowest BCUT2D eigenvalue weighted by atomic mass is 10.1. The summed E-state index contributed by atoms with van der Waals surface area (Å²) in [4.78, 5) is 9.29. The minimum Gasteiger partial charge on any atom is -0.352 e. The van der Waals surface area contributed by atoms with Gasteiger partial charge in [-0.15, -0.1) is 10.2 Å². The van der Waals surface area contributed by atoms with Crippen molar-refractivity contribution in [2.24, 2.45) is 0 Å². The molecule has 0 N–H and O–H groups in total. The maximum Gasteiger partial charge on any atom is 0.175 e. The van der Waals surface area contributed by atoms with Crippen LogP contribution in [-0.4, -0.2) is 51.1 Å². The Balaban J connectivity index is 1.29. The average molecular weight is 386 g/mol. The van der Waals surface area contributed by atoms with E-state index in [4.69, 9.17) is 4.98 Å². The third kappa shape index (κ3) is 3.29. The minimum absolute atomic E-state index is 0.692. The second-order valence-corrected chi connectivity index (χ2v) is 7.56. The van der Waals surface area contributed by atoms with Gasteiger partial charge in [-0.25, -0.2) is 9.67 Å². The van der Waals surface area contributed by atoms with Crippen molar-refractivity contribution in [1.82, 2.24) is 25.0 Å². The van der Waals surface area contributed by atoms with Crippen LogP contribution in [-0.2, 0) is 12.8 Å². The third-order valence-electron chi connectivity index (χ3n) is 5.65. The molecule has 0 atom stereocenters. The zero-order valence-corrected chi connectivity index (χ0v) is 16.4. The Morgan fingerprint density at radius 2 is 1.72 bits per heavy atom. The molecule has 3 aromatic heterocycles. The highest BCUT2D eigenvalue weighted by Crippen LogP contribution is 2.28. The van der Waals surface area contributed by atoms with E-state index >= 15 is 0 Å². The van der Waals surface area contributed by atoms with E-state index in [0.29, 0.717) is 11.4 Å². The van der Waals surface area contributed by atoms with Crippen LogP contribution in [0.1, 0.15) is 28.9 Å². The molecule has 0 spiro atoms. The van der Waals surface area contributed by atoms with Gasteiger partial charge in [0.2, 0.25) is 0 Å². The first-order valence-electron chi connectivity index (χ1n) is 10.0. The number of fused-ring (bicyclic) bond motifs is 1. The molecule has 1 aliphatic heterocycles. The fraction of sp³-hybridized carbons (Fsp3) is 0.381. The highest BCUT2D eigenvalue weighted by atomic mass is 15.4. The van der Waals surface area contributed by atoms with Gasteiger partial charge in [-0.05, 0) is 56.0 Å². The van der Waals surface area contributed by atoms with Gasteiger partial charge in [-0.2, -0.15) is 10.4 Å². The van der Waals surface area contributed by atoms with Gasteiger partial charge < -0.3 is 9.80 Å². The van der Waals surface area contributed by atoms with Crippen LogP contribution in [0.3, 0.4) is 0 Å². The van der Waals surface area contributed by atoms with Crippen molar-refractivity contribution in [3.05, 3.63) is 53.0 Å². The first-order valence-corrected chi connectivity index (χ1v) is 10.0. The van der Waals surface area contributed by atoms with Crippen LogP contribution in [0.25, 0.3) is 5.82 Å². The van der Waals surface area contributed by atoms with Gasteiger partial charge in [-0.3, -0.25) is 0 Å². The summed E-state index contributed by atoms with van der Waals surface area (Å²) in [7, 11) is 0. The monoisotopic (exact) mass is 386 g/mol. The Kier molecular flexibility index (Phi) is 4.35. The lowest BCUT2D eigenvalue weighted by Gasteiger charge is -2.36. The Hall–Kier alpha value is -3.47. The van der Waals surface area contributed by atoms with Gasteiger partial charge in [-0.1, -0.05) is 0 Å². The summed E-state index contributed by atoms with van der Waals surface area (Å²) in [6.07, 6.45) is 5.08. The Morgan fingerprint density at radius 1 is 0.966 bits per heavy atom. The Morgan fingerprint density at radius 3 is 2.41 bits per heavy atom. The van der Waals surface area contributed by atoms with E-state index < -0.39 is 0 Å². The number of nitriles is 1. The molecule has 0 amide bonds. The Labute approximate surface area is 169 Å². The number of aromatic nitrogens is 5. The number of anilines is 2. The summed E-state index contributed by atoms with van der Waals surface area (Å²) in [6.45, 7) is 5.20. The number of hydrogen-bond donors (Lipinski definition) is 0. The fourth-order valence-electron chi connectivity index (χ4n) is 4.08. The molecule has 8 nitrogen and oxygen atoms in total. The van der Waals surface area contributed by atoms with Crippen molar-refractivity contribution in [3.8, 4) is 11.9 Å². The molecule has 0 radical (unpaired) electrons. The molecule has 0 bridgehead atoms. The molecule has 3 aromatic rings. The maximum absolute atomic E-state index is 9.58. The molecule has 0 unspecified atom stereocenters. The van der Waals surface area contributed by atoms with Crippen LogP contribution >= 0.6 is 0 Å². The standard InChI is InChI=1S/C21H22N8/c1-15-7-8-29(26-15)20-6-5-19(24-25-20)27-9-11-28(12-10-27)21-17(14-22)13-16-3-2-4-18(16)23-21/h5-8,13H,2-4,9-12H2,1H3. The lowest BCUT2D eigenvalue weighted by molar-refractivity contribution is 0.635. The van der Waals surface area contributed by atoms with Gasteiger partial charge in [0.1, 0.15) is 11.9 Å². The molecule has 0 saturated carbocycles. The highest BCUT2D eigenvalue weighted by Gasteiger charge is 2.24. The first-order chi connectivity index (χ1) is 14.2. The summed E-state index contributed by atoms with van der Waals surface area (Å²) >= 11 is 0. The molecular formula is C21H22N8. The number of aryl methyl sites for hydroxylation is 3. The van der Waals surface area contributed by atoms with Crippen LogP contribution in [0, 0.1) is 18.3 Å². The molecule has 8 heteroatoms. The van der Waals surface area contributed by atoms with Crippen LogP contribution in [0.15, 0.2) is 30.5 Å². The summed E-state index contributed by atoms with van der Waals surface area (Å²) in [5.74, 6) is 2.41. The van der Waals surface area contributed by atoms with E-state index in [1.165, 1.54) is 5.56 Å². The largest absolute Gasteiger partial charge is 0.352 e. The van der Waals surface area contributed by atoms with Gasteiger partial charge in [0.05, 0.1) is 11.3 Å². The van der Waals surface area contributed by atoms with Crippen molar-refractivity contribution in [1.29, 1.82) is 5.26 Å². The van der Waals surface area contributed by atoms with Crippen molar-refractivity contribution in [2.45, 2.75) is 26.2 Å². The topological polar surface area (TPSA) is 86.8 Å². The van der Waals surface area contributed by atoms with Crippen molar-refractivity contribution in [3.63, 3.8) is 0 Å². The van der Waals surface area contributed by atoms with Gasteiger partial charge in [0.25, 0.3) is 0 Å². The number of rotatable bonds is 3. The van der Waals surface area contributed by atoms with Crippen molar-refractivity contribution in [2.75, 3.05) is 36.0 Å². The van der Waals surface area contributed by atoms with E-state index in [1.807, 2.05) is 37.4 Å². The molecule has 1 saturated heterocycles. The van der Waals surface area contributed by atoms with Gasteiger partial charge >= 0.3 is 0 Å². The van der Waals surface area contributed by atoms with Gasteiger partial charge in [0, 0.05) is 38.1 Å². The number of hydrogen-bond acceptors (Lipinski definition) is 7.